The third kappa shape index (κ3) is 3.00. The average Bonchev–Trinajstić information content (AvgIpc) is 2.41. The van der Waals surface area contributed by atoms with Crippen molar-refractivity contribution in [2.75, 3.05) is 7.11 Å². The summed E-state index contributed by atoms with van der Waals surface area (Å²) in [5.41, 5.74) is 0.307. The minimum absolute atomic E-state index is 0.0377. The number of hydrogen-bond acceptors (Lipinski definition) is 3. The lowest BCUT2D eigenvalue weighted by Gasteiger charge is -2.11. The van der Waals surface area contributed by atoms with Crippen LogP contribution in [0.2, 0.25) is 5.02 Å². The maximum atomic E-state index is 11.9. The van der Waals surface area contributed by atoms with Gasteiger partial charge in [0.15, 0.2) is 0 Å². The van der Waals surface area contributed by atoms with Gasteiger partial charge in [0, 0.05) is 22.8 Å². The van der Waals surface area contributed by atoms with Crippen LogP contribution in [0.1, 0.15) is 15.9 Å². The van der Waals surface area contributed by atoms with Gasteiger partial charge in [-0.15, -0.1) is 0 Å². The number of nitrogens with zero attached hydrogens (tertiary/aromatic N) is 1. The molecular weight excluding hydrogens is 282 g/mol. The van der Waals surface area contributed by atoms with Gasteiger partial charge < -0.3 is 14.4 Å². The number of halogens is 1. The van der Waals surface area contributed by atoms with E-state index in [0.29, 0.717) is 10.8 Å². The first-order valence-corrected chi connectivity index (χ1v) is 6.15. The number of methoxy groups -OCH3 is 1. The average molecular weight is 294 g/mol. The van der Waals surface area contributed by atoms with Gasteiger partial charge in [-0.25, -0.2) is 4.79 Å². The molecule has 104 valence electrons. The topological polar surface area (TPSA) is 68.5 Å². The van der Waals surface area contributed by atoms with Gasteiger partial charge in [-0.2, -0.15) is 0 Å². The molecule has 0 aliphatic carbocycles. The minimum Gasteiger partial charge on any atom is -0.496 e. The van der Waals surface area contributed by atoms with Crippen molar-refractivity contribution in [3.05, 3.63) is 63.0 Å². The number of carboxylic acid groups (broad SMARTS) is 1. The highest BCUT2D eigenvalue weighted by Gasteiger charge is 2.08. The molecule has 1 heterocycles. The Kier molecular flexibility index (Phi) is 4.10. The summed E-state index contributed by atoms with van der Waals surface area (Å²) in [4.78, 5) is 22.6. The fourth-order valence-electron chi connectivity index (χ4n) is 1.83. The first-order chi connectivity index (χ1) is 9.51. The van der Waals surface area contributed by atoms with Crippen molar-refractivity contribution >= 4 is 17.6 Å². The molecule has 0 radical (unpaired) electrons. The lowest BCUT2D eigenvalue weighted by Crippen LogP contribution is -2.21. The van der Waals surface area contributed by atoms with Gasteiger partial charge in [0.05, 0.1) is 19.2 Å². The van der Waals surface area contributed by atoms with Gasteiger partial charge in [0.25, 0.3) is 5.56 Å². The van der Waals surface area contributed by atoms with E-state index in [1.165, 1.54) is 23.9 Å². The summed E-state index contributed by atoms with van der Waals surface area (Å²) in [6.07, 6.45) is 1.44. The van der Waals surface area contributed by atoms with Crippen LogP contribution in [0.5, 0.6) is 5.75 Å². The van der Waals surface area contributed by atoms with E-state index >= 15 is 0 Å². The highest BCUT2D eigenvalue weighted by molar-refractivity contribution is 6.30. The second-order valence-electron chi connectivity index (χ2n) is 4.14. The quantitative estimate of drug-likeness (QED) is 0.939. The Hall–Kier alpha value is -2.27. The molecule has 1 aromatic heterocycles. The van der Waals surface area contributed by atoms with Crippen LogP contribution in [0.15, 0.2) is 41.3 Å². The van der Waals surface area contributed by atoms with Crippen LogP contribution in [0, 0.1) is 0 Å². The zero-order valence-electron chi connectivity index (χ0n) is 10.7. The van der Waals surface area contributed by atoms with Crippen LogP contribution >= 0.6 is 11.6 Å². The molecule has 5 nitrogen and oxygen atoms in total. The number of hydrogen-bond donors (Lipinski definition) is 1. The molecule has 2 rings (SSSR count). The second kappa shape index (κ2) is 5.79. The Morgan fingerprint density at radius 3 is 2.70 bits per heavy atom. The molecular formula is C14H12ClNO4. The lowest BCUT2D eigenvalue weighted by molar-refractivity contribution is 0.0696. The Bertz CT molecular complexity index is 709. The Morgan fingerprint density at radius 1 is 1.35 bits per heavy atom. The smallest absolute Gasteiger partial charge is 0.335 e. The Balaban J connectivity index is 2.38. The number of carboxylic acids is 1. The van der Waals surface area contributed by atoms with E-state index < -0.39 is 11.5 Å². The number of rotatable bonds is 4. The van der Waals surface area contributed by atoms with Gasteiger partial charge >= 0.3 is 5.97 Å². The fourth-order valence-corrected chi connectivity index (χ4v) is 2.02. The third-order valence-corrected chi connectivity index (χ3v) is 3.06. The normalized spacial score (nSPS) is 10.3. The second-order valence-corrected chi connectivity index (χ2v) is 4.58. The van der Waals surface area contributed by atoms with E-state index in [9.17, 15) is 9.59 Å². The third-order valence-electron chi connectivity index (χ3n) is 2.83. The van der Waals surface area contributed by atoms with Crippen molar-refractivity contribution in [3.8, 4) is 5.75 Å². The van der Waals surface area contributed by atoms with Gasteiger partial charge in [-0.3, -0.25) is 4.79 Å². The predicted octanol–water partition coefficient (Wildman–Crippen LogP) is 2.26. The zero-order chi connectivity index (χ0) is 14.7. The van der Waals surface area contributed by atoms with Gasteiger partial charge in [-0.05, 0) is 24.3 Å². The molecule has 0 amide bonds. The minimum atomic E-state index is -1.13. The summed E-state index contributed by atoms with van der Waals surface area (Å²) in [7, 11) is 1.53. The number of benzene rings is 1. The summed E-state index contributed by atoms with van der Waals surface area (Å²) in [5, 5.41) is 9.36. The maximum absolute atomic E-state index is 11.9. The molecule has 6 heteroatoms. The fraction of sp³-hybridized carbons (Fsp3) is 0.143. The molecule has 0 aliphatic rings. The van der Waals surface area contributed by atoms with Crippen molar-refractivity contribution in [2.24, 2.45) is 0 Å². The van der Waals surface area contributed by atoms with Crippen LogP contribution in [-0.4, -0.2) is 22.8 Å². The summed E-state index contributed by atoms with van der Waals surface area (Å²) in [6.45, 7) is 0.252. The van der Waals surface area contributed by atoms with Crippen LogP contribution in [0.3, 0.4) is 0 Å². The van der Waals surface area contributed by atoms with Crippen molar-refractivity contribution < 1.29 is 14.6 Å². The molecule has 0 bridgehead atoms. The maximum Gasteiger partial charge on any atom is 0.335 e. The van der Waals surface area contributed by atoms with Crippen LogP contribution in [0.25, 0.3) is 0 Å². The van der Waals surface area contributed by atoms with Crippen molar-refractivity contribution in [2.45, 2.75) is 6.54 Å². The number of carbonyl (C=O) groups is 1. The molecule has 0 fully saturated rings. The zero-order valence-corrected chi connectivity index (χ0v) is 11.4. The van der Waals surface area contributed by atoms with Crippen molar-refractivity contribution in [3.63, 3.8) is 0 Å². The SMILES string of the molecule is COc1ccc(Cl)cc1Cn1ccc(C(=O)O)cc1=O. The molecule has 20 heavy (non-hydrogen) atoms. The largest absolute Gasteiger partial charge is 0.496 e. The van der Waals surface area contributed by atoms with Gasteiger partial charge in [0.2, 0.25) is 0 Å². The number of pyridine rings is 1. The van der Waals surface area contributed by atoms with Crippen molar-refractivity contribution in [1.82, 2.24) is 4.57 Å². The van der Waals surface area contributed by atoms with E-state index in [2.05, 4.69) is 0 Å². The Labute approximate surface area is 120 Å². The van der Waals surface area contributed by atoms with Crippen molar-refractivity contribution in [1.29, 1.82) is 0 Å². The predicted molar refractivity (Wildman–Crippen MR) is 74.8 cm³/mol. The van der Waals surface area contributed by atoms with E-state index in [4.69, 9.17) is 21.4 Å². The molecule has 0 aliphatic heterocycles. The molecule has 0 unspecified atom stereocenters. The highest BCUT2D eigenvalue weighted by Crippen LogP contribution is 2.23. The lowest BCUT2D eigenvalue weighted by atomic mass is 10.2. The molecule has 1 N–H and O–H groups in total. The first-order valence-electron chi connectivity index (χ1n) is 5.77. The van der Waals surface area contributed by atoms with E-state index in [1.54, 1.807) is 18.2 Å². The standard InChI is InChI=1S/C14H12ClNO4/c1-20-12-3-2-11(15)6-10(12)8-16-5-4-9(14(18)19)7-13(16)17/h2-7H,8H2,1H3,(H,18,19). The summed E-state index contributed by atoms with van der Waals surface area (Å²) >= 11 is 5.93. The molecule has 0 atom stereocenters. The van der Waals surface area contributed by atoms with Gasteiger partial charge in [-0.1, -0.05) is 11.6 Å². The summed E-state index contributed by atoms with van der Waals surface area (Å²) in [6, 6.07) is 7.58. The van der Waals surface area contributed by atoms with Crippen LogP contribution < -0.4 is 10.3 Å². The molecule has 0 spiro atoms. The first kappa shape index (κ1) is 14.1. The van der Waals surface area contributed by atoms with E-state index in [-0.39, 0.29) is 12.1 Å². The molecule has 1 aromatic carbocycles. The van der Waals surface area contributed by atoms with Crippen LogP contribution in [0.4, 0.5) is 0 Å². The van der Waals surface area contributed by atoms with E-state index in [1.807, 2.05) is 0 Å². The summed E-state index contributed by atoms with van der Waals surface area (Å²) < 4.78 is 6.60. The number of aromatic carboxylic acids is 1. The number of ether oxygens (including phenoxy) is 1. The van der Waals surface area contributed by atoms with Crippen LogP contribution in [-0.2, 0) is 6.54 Å². The number of aromatic nitrogens is 1. The Morgan fingerprint density at radius 2 is 2.10 bits per heavy atom. The highest BCUT2D eigenvalue weighted by atomic mass is 35.5. The van der Waals surface area contributed by atoms with E-state index in [0.717, 1.165) is 11.6 Å². The molecule has 2 aromatic rings. The monoisotopic (exact) mass is 293 g/mol. The van der Waals surface area contributed by atoms with Gasteiger partial charge in [0.1, 0.15) is 5.75 Å². The molecule has 0 saturated carbocycles. The molecule has 0 saturated heterocycles. The summed E-state index contributed by atoms with van der Waals surface area (Å²) in [5.74, 6) is -0.516.